The molecule has 5 nitrogen and oxygen atoms in total. The number of carbonyl (C=O) groups is 3. The average Bonchev–Trinajstić information content (AvgIpc) is 2.36. The third-order valence-corrected chi connectivity index (χ3v) is 3.39. The predicted molar refractivity (Wildman–Crippen MR) is 69.6 cm³/mol. The van der Waals surface area contributed by atoms with Crippen molar-refractivity contribution in [2.75, 3.05) is 0 Å². The van der Waals surface area contributed by atoms with Crippen LogP contribution in [0.15, 0.2) is 18.2 Å². The fraction of sp³-hybridized carbons (Fsp3) is 0.357. The number of aryl methyl sites for hydroxylation is 1. The van der Waals surface area contributed by atoms with Crippen LogP contribution >= 0.6 is 0 Å². The summed E-state index contributed by atoms with van der Waals surface area (Å²) < 4.78 is 0. The first-order valence-corrected chi connectivity index (χ1v) is 6.20. The molecular weight excluding hydrogens is 244 g/mol. The Labute approximate surface area is 111 Å². The molecule has 1 saturated heterocycles. The van der Waals surface area contributed by atoms with Crippen molar-refractivity contribution < 1.29 is 14.4 Å². The van der Waals surface area contributed by atoms with Crippen molar-refractivity contribution in [1.29, 1.82) is 0 Å². The zero-order valence-corrected chi connectivity index (χ0v) is 10.9. The van der Waals surface area contributed by atoms with Crippen LogP contribution in [0.5, 0.6) is 0 Å². The Morgan fingerprint density at radius 2 is 2.05 bits per heavy atom. The Morgan fingerprint density at radius 3 is 2.74 bits per heavy atom. The highest BCUT2D eigenvalue weighted by molar-refractivity contribution is 6.04. The first kappa shape index (κ1) is 13.3. The van der Waals surface area contributed by atoms with Crippen molar-refractivity contribution in [3.05, 3.63) is 34.9 Å². The number of hydrogen-bond acceptors (Lipinski definition) is 3. The minimum atomic E-state index is -0.634. The maximum Gasteiger partial charge on any atom is 0.252 e. The van der Waals surface area contributed by atoms with E-state index in [0.717, 1.165) is 11.1 Å². The summed E-state index contributed by atoms with van der Waals surface area (Å²) in [6.45, 7) is 3.80. The molecule has 3 amide bonds. The molecule has 1 aliphatic heterocycles. The van der Waals surface area contributed by atoms with E-state index in [1.165, 1.54) is 0 Å². The van der Waals surface area contributed by atoms with Gasteiger partial charge in [-0.1, -0.05) is 12.1 Å². The summed E-state index contributed by atoms with van der Waals surface area (Å²) in [7, 11) is 0. The molecule has 0 aliphatic carbocycles. The van der Waals surface area contributed by atoms with Crippen molar-refractivity contribution in [2.24, 2.45) is 0 Å². The fourth-order valence-corrected chi connectivity index (χ4v) is 2.06. The number of benzene rings is 1. The van der Waals surface area contributed by atoms with Crippen LogP contribution in [0.1, 0.15) is 34.3 Å². The van der Waals surface area contributed by atoms with Crippen molar-refractivity contribution in [1.82, 2.24) is 10.6 Å². The quantitative estimate of drug-likeness (QED) is 0.774. The van der Waals surface area contributed by atoms with E-state index in [0.29, 0.717) is 12.0 Å². The predicted octanol–water partition coefficient (Wildman–Crippen LogP) is 0.838. The van der Waals surface area contributed by atoms with Crippen LogP contribution in [-0.2, 0) is 9.59 Å². The van der Waals surface area contributed by atoms with Crippen molar-refractivity contribution in [2.45, 2.75) is 32.7 Å². The summed E-state index contributed by atoms with van der Waals surface area (Å²) in [6.07, 6.45) is 0.602. The topological polar surface area (TPSA) is 75.3 Å². The molecule has 0 bridgehead atoms. The van der Waals surface area contributed by atoms with Gasteiger partial charge in [-0.05, 0) is 37.5 Å². The van der Waals surface area contributed by atoms with Crippen molar-refractivity contribution in [3.8, 4) is 0 Å². The molecule has 0 radical (unpaired) electrons. The van der Waals surface area contributed by atoms with Gasteiger partial charge in [-0.25, -0.2) is 0 Å². The number of imide groups is 1. The van der Waals surface area contributed by atoms with E-state index in [9.17, 15) is 14.4 Å². The van der Waals surface area contributed by atoms with Crippen LogP contribution in [0.3, 0.4) is 0 Å². The minimum absolute atomic E-state index is 0.253. The van der Waals surface area contributed by atoms with Gasteiger partial charge in [0.05, 0.1) is 0 Å². The SMILES string of the molecule is Cc1cccc(C(=O)NC2CCC(=O)NC2=O)c1C. The van der Waals surface area contributed by atoms with Crippen LogP contribution in [0.2, 0.25) is 0 Å². The highest BCUT2D eigenvalue weighted by Gasteiger charge is 2.28. The molecule has 5 heteroatoms. The second-order valence-corrected chi connectivity index (χ2v) is 4.72. The molecule has 2 rings (SSSR count). The zero-order valence-electron chi connectivity index (χ0n) is 10.9. The Morgan fingerprint density at radius 1 is 1.32 bits per heavy atom. The molecule has 1 heterocycles. The fourth-order valence-electron chi connectivity index (χ4n) is 2.06. The van der Waals surface area contributed by atoms with Gasteiger partial charge in [0.2, 0.25) is 11.8 Å². The van der Waals surface area contributed by atoms with E-state index in [-0.39, 0.29) is 18.2 Å². The monoisotopic (exact) mass is 260 g/mol. The first-order valence-electron chi connectivity index (χ1n) is 6.20. The van der Waals surface area contributed by atoms with E-state index in [4.69, 9.17) is 0 Å². The highest BCUT2D eigenvalue weighted by Crippen LogP contribution is 2.13. The molecule has 0 spiro atoms. The van der Waals surface area contributed by atoms with E-state index in [2.05, 4.69) is 10.6 Å². The van der Waals surface area contributed by atoms with Crippen LogP contribution in [0.4, 0.5) is 0 Å². The largest absolute Gasteiger partial charge is 0.340 e. The van der Waals surface area contributed by atoms with Gasteiger partial charge in [-0.2, -0.15) is 0 Å². The van der Waals surface area contributed by atoms with Crippen molar-refractivity contribution >= 4 is 17.7 Å². The Kier molecular flexibility index (Phi) is 3.64. The summed E-state index contributed by atoms with van der Waals surface area (Å²) in [6, 6.07) is 4.83. The molecular formula is C14H16N2O3. The zero-order chi connectivity index (χ0) is 14.0. The summed E-state index contributed by atoms with van der Waals surface area (Å²) in [5.74, 6) is -1.01. The molecule has 1 aromatic carbocycles. The van der Waals surface area contributed by atoms with Crippen LogP contribution in [-0.4, -0.2) is 23.8 Å². The minimum Gasteiger partial charge on any atom is -0.340 e. The van der Waals surface area contributed by atoms with Crippen LogP contribution in [0, 0.1) is 13.8 Å². The van der Waals surface area contributed by atoms with Gasteiger partial charge in [0.25, 0.3) is 5.91 Å². The Bertz CT molecular complexity index is 552. The lowest BCUT2D eigenvalue weighted by Gasteiger charge is -2.22. The third-order valence-electron chi connectivity index (χ3n) is 3.39. The lowest BCUT2D eigenvalue weighted by Crippen LogP contribution is -2.52. The van der Waals surface area contributed by atoms with Gasteiger partial charge in [0.1, 0.15) is 6.04 Å². The lowest BCUT2D eigenvalue weighted by molar-refractivity contribution is -0.134. The van der Waals surface area contributed by atoms with Gasteiger partial charge in [0, 0.05) is 12.0 Å². The third kappa shape index (κ3) is 2.81. The molecule has 2 N–H and O–H groups in total. The van der Waals surface area contributed by atoms with E-state index in [1.54, 1.807) is 6.07 Å². The molecule has 1 atom stereocenters. The summed E-state index contributed by atoms with van der Waals surface area (Å²) in [5.41, 5.74) is 2.48. The standard InChI is InChI=1S/C14H16N2O3/c1-8-4-3-5-10(9(8)2)13(18)15-11-6-7-12(17)16-14(11)19/h3-5,11H,6-7H2,1-2H3,(H,15,18)(H,16,17,19). The summed E-state index contributed by atoms with van der Waals surface area (Å²) >= 11 is 0. The Hall–Kier alpha value is -2.17. The molecule has 1 unspecified atom stereocenters. The van der Waals surface area contributed by atoms with Gasteiger partial charge in [-0.3, -0.25) is 19.7 Å². The van der Waals surface area contributed by atoms with Gasteiger partial charge >= 0.3 is 0 Å². The second kappa shape index (κ2) is 5.22. The van der Waals surface area contributed by atoms with E-state index < -0.39 is 11.9 Å². The number of rotatable bonds is 2. The molecule has 0 saturated carbocycles. The number of piperidine rings is 1. The number of hydrogen-bond donors (Lipinski definition) is 2. The molecule has 1 aliphatic rings. The first-order chi connectivity index (χ1) is 8.99. The lowest BCUT2D eigenvalue weighted by atomic mass is 10.0. The second-order valence-electron chi connectivity index (χ2n) is 4.72. The molecule has 100 valence electrons. The number of amides is 3. The molecule has 0 aromatic heterocycles. The average molecular weight is 260 g/mol. The number of carbonyl (C=O) groups excluding carboxylic acids is 3. The highest BCUT2D eigenvalue weighted by atomic mass is 16.2. The summed E-state index contributed by atoms with van der Waals surface area (Å²) in [5, 5.41) is 4.89. The molecule has 1 aromatic rings. The van der Waals surface area contributed by atoms with Crippen LogP contribution < -0.4 is 10.6 Å². The maximum atomic E-state index is 12.1. The smallest absolute Gasteiger partial charge is 0.252 e. The van der Waals surface area contributed by atoms with Gasteiger partial charge in [-0.15, -0.1) is 0 Å². The summed E-state index contributed by atoms with van der Waals surface area (Å²) in [4.78, 5) is 34.7. The van der Waals surface area contributed by atoms with E-state index >= 15 is 0 Å². The maximum absolute atomic E-state index is 12.1. The van der Waals surface area contributed by atoms with Gasteiger partial charge in [0.15, 0.2) is 0 Å². The molecule has 1 fully saturated rings. The van der Waals surface area contributed by atoms with E-state index in [1.807, 2.05) is 26.0 Å². The molecule has 19 heavy (non-hydrogen) atoms. The Balaban J connectivity index is 2.11. The van der Waals surface area contributed by atoms with Gasteiger partial charge < -0.3 is 5.32 Å². The number of nitrogens with one attached hydrogen (secondary N) is 2. The van der Waals surface area contributed by atoms with Crippen LogP contribution in [0.25, 0.3) is 0 Å². The van der Waals surface area contributed by atoms with Crippen molar-refractivity contribution in [3.63, 3.8) is 0 Å². The normalized spacial score (nSPS) is 18.9.